The molecule has 0 fully saturated rings. The van der Waals surface area contributed by atoms with Crippen LogP contribution in [0.25, 0.3) is 0 Å². The van der Waals surface area contributed by atoms with Gasteiger partial charge in [0.15, 0.2) is 5.82 Å². The van der Waals surface area contributed by atoms with Gasteiger partial charge in [0.2, 0.25) is 0 Å². The Morgan fingerprint density at radius 2 is 2.00 bits per heavy atom. The van der Waals surface area contributed by atoms with Crippen molar-refractivity contribution in [2.24, 2.45) is 5.73 Å². The third-order valence-corrected chi connectivity index (χ3v) is 2.51. The van der Waals surface area contributed by atoms with Crippen LogP contribution in [0, 0.1) is 0 Å². The third-order valence-electron chi connectivity index (χ3n) is 2.51. The molecule has 0 saturated carbocycles. The molecule has 0 amide bonds. The highest BCUT2D eigenvalue weighted by atomic mass is 16.5. The molecule has 0 bridgehead atoms. The first-order chi connectivity index (χ1) is 8.35. The number of benzene rings is 1. The van der Waals surface area contributed by atoms with Crippen molar-refractivity contribution in [3.05, 3.63) is 59.7 Å². The maximum atomic E-state index is 5.57. The molecule has 0 spiro atoms. The molecule has 1 unspecified atom stereocenters. The standard InChI is InChI=1S/C13H15N3O/c1-17-12(10-5-3-2-4-6-10)13-15-8-7-11(9-14)16-13/h2-8,12H,9,14H2,1H3. The number of aromatic nitrogens is 2. The van der Waals surface area contributed by atoms with Gasteiger partial charge >= 0.3 is 0 Å². The predicted molar refractivity (Wildman–Crippen MR) is 65.2 cm³/mol. The number of nitrogens with two attached hydrogens (primary N) is 1. The van der Waals surface area contributed by atoms with Crippen LogP contribution in [0.15, 0.2) is 42.6 Å². The second-order valence-electron chi connectivity index (χ2n) is 3.64. The van der Waals surface area contributed by atoms with Crippen LogP contribution in [-0.2, 0) is 11.3 Å². The fourth-order valence-corrected chi connectivity index (χ4v) is 1.67. The molecule has 1 heterocycles. The van der Waals surface area contributed by atoms with Gasteiger partial charge in [0.25, 0.3) is 0 Å². The van der Waals surface area contributed by atoms with E-state index in [-0.39, 0.29) is 6.10 Å². The van der Waals surface area contributed by atoms with E-state index in [1.54, 1.807) is 19.4 Å². The Labute approximate surface area is 100 Å². The normalized spacial score (nSPS) is 12.4. The first-order valence-electron chi connectivity index (χ1n) is 5.44. The number of nitrogens with zero attached hydrogens (tertiary/aromatic N) is 2. The Morgan fingerprint density at radius 3 is 2.65 bits per heavy atom. The molecule has 4 heteroatoms. The van der Waals surface area contributed by atoms with Crippen LogP contribution in [-0.4, -0.2) is 17.1 Å². The lowest BCUT2D eigenvalue weighted by molar-refractivity contribution is 0.129. The molecule has 1 aromatic carbocycles. The summed E-state index contributed by atoms with van der Waals surface area (Å²) in [4.78, 5) is 8.62. The van der Waals surface area contributed by atoms with Gasteiger partial charge in [-0.25, -0.2) is 9.97 Å². The summed E-state index contributed by atoms with van der Waals surface area (Å²) in [5, 5.41) is 0. The second kappa shape index (κ2) is 5.52. The van der Waals surface area contributed by atoms with Crippen molar-refractivity contribution in [1.82, 2.24) is 9.97 Å². The van der Waals surface area contributed by atoms with E-state index in [1.807, 2.05) is 30.3 Å². The summed E-state index contributed by atoms with van der Waals surface area (Å²) in [6.45, 7) is 0.404. The van der Waals surface area contributed by atoms with Crippen molar-refractivity contribution in [2.75, 3.05) is 7.11 Å². The van der Waals surface area contributed by atoms with Gasteiger partial charge in [-0.3, -0.25) is 0 Å². The fraction of sp³-hybridized carbons (Fsp3) is 0.231. The molecule has 4 nitrogen and oxygen atoms in total. The highest BCUT2D eigenvalue weighted by molar-refractivity contribution is 5.23. The molecule has 1 atom stereocenters. The van der Waals surface area contributed by atoms with Crippen LogP contribution >= 0.6 is 0 Å². The van der Waals surface area contributed by atoms with Gasteiger partial charge in [-0.2, -0.15) is 0 Å². The molecule has 1 aromatic heterocycles. The van der Waals surface area contributed by atoms with Gasteiger partial charge in [-0.05, 0) is 11.6 Å². The minimum atomic E-state index is -0.248. The van der Waals surface area contributed by atoms with Crippen LogP contribution in [0.5, 0.6) is 0 Å². The predicted octanol–water partition coefficient (Wildman–Crippen LogP) is 1.67. The SMILES string of the molecule is COC(c1ccccc1)c1nccc(CN)n1. The summed E-state index contributed by atoms with van der Waals surface area (Å²) >= 11 is 0. The molecule has 0 aliphatic heterocycles. The summed E-state index contributed by atoms with van der Waals surface area (Å²) in [6, 6.07) is 11.7. The van der Waals surface area contributed by atoms with Crippen molar-refractivity contribution in [3.63, 3.8) is 0 Å². The van der Waals surface area contributed by atoms with E-state index in [1.165, 1.54) is 0 Å². The van der Waals surface area contributed by atoms with E-state index >= 15 is 0 Å². The lowest BCUT2D eigenvalue weighted by Crippen LogP contribution is -2.11. The van der Waals surface area contributed by atoms with Crippen molar-refractivity contribution in [3.8, 4) is 0 Å². The molecule has 0 radical (unpaired) electrons. The Balaban J connectivity index is 2.35. The van der Waals surface area contributed by atoms with Crippen molar-refractivity contribution in [1.29, 1.82) is 0 Å². The molecule has 2 N–H and O–H groups in total. The zero-order valence-corrected chi connectivity index (χ0v) is 9.71. The van der Waals surface area contributed by atoms with E-state index in [2.05, 4.69) is 9.97 Å². The van der Waals surface area contributed by atoms with E-state index in [0.29, 0.717) is 12.4 Å². The minimum Gasteiger partial charge on any atom is -0.369 e. The number of hydrogen-bond acceptors (Lipinski definition) is 4. The summed E-state index contributed by atoms with van der Waals surface area (Å²) in [6.07, 6.45) is 1.46. The first-order valence-corrected chi connectivity index (χ1v) is 5.44. The van der Waals surface area contributed by atoms with Gasteiger partial charge < -0.3 is 10.5 Å². The minimum absolute atomic E-state index is 0.248. The Bertz CT molecular complexity index is 473. The number of ether oxygens (including phenoxy) is 1. The van der Waals surface area contributed by atoms with Gasteiger partial charge in [0.1, 0.15) is 6.10 Å². The molecule has 0 aliphatic rings. The smallest absolute Gasteiger partial charge is 0.162 e. The van der Waals surface area contributed by atoms with Crippen LogP contribution in [0.4, 0.5) is 0 Å². The Hall–Kier alpha value is -1.78. The number of methoxy groups -OCH3 is 1. The van der Waals surface area contributed by atoms with E-state index in [0.717, 1.165) is 11.3 Å². The highest BCUT2D eigenvalue weighted by Gasteiger charge is 2.15. The average molecular weight is 229 g/mol. The molecule has 0 saturated heterocycles. The molecule has 17 heavy (non-hydrogen) atoms. The molecular weight excluding hydrogens is 214 g/mol. The van der Waals surface area contributed by atoms with Gasteiger partial charge in [0.05, 0.1) is 5.69 Å². The van der Waals surface area contributed by atoms with Crippen LogP contribution in [0.1, 0.15) is 23.2 Å². The number of rotatable bonds is 4. The van der Waals surface area contributed by atoms with Gasteiger partial charge in [-0.15, -0.1) is 0 Å². The monoisotopic (exact) mass is 229 g/mol. The molecule has 2 aromatic rings. The Kier molecular flexibility index (Phi) is 3.80. The quantitative estimate of drug-likeness (QED) is 0.866. The molecular formula is C13H15N3O. The van der Waals surface area contributed by atoms with E-state index in [9.17, 15) is 0 Å². The largest absolute Gasteiger partial charge is 0.369 e. The molecule has 2 rings (SSSR count). The van der Waals surface area contributed by atoms with Crippen LogP contribution < -0.4 is 5.73 Å². The van der Waals surface area contributed by atoms with E-state index < -0.39 is 0 Å². The zero-order valence-electron chi connectivity index (χ0n) is 9.71. The summed E-state index contributed by atoms with van der Waals surface area (Å²) < 4.78 is 5.46. The van der Waals surface area contributed by atoms with Gasteiger partial charge in [0, 0.05) is 19.9 Å². The lowest BCUT2D eigenvalue weighted by Gasteiger charge is -2.14. The topological polar surface area (TPSA) is 61.0 Å². The van der Waals surface area contributed by atoms with E-state index in [4.69, 9.17) is 10.5 Å². The first kappa shape index (κ1) is 11.7. The van der Waals surface area contributed by atoms with Crippen LogP contribution in [0.2, 0.25) is 0 Å². The van der Waals surface area contributed by atoms with Gasteiger partial charge in [-0.1, -0.05) is 30.3 Å². The second-order valence-corrected chi connectivity index (χ2v) is 3.64. The zero-order chi connectivity index (χ0) is 12.1. The lowest BCUT2D eigenvalue weighted by atomic mass is 10.1. The highest BCUT2D eigenvalue weighted by Crippen LogP contribution is 2.21. The third kappa shape index (κ3) is 2.67. The fourth-order valence-electron chi connectivity index (χ4n) is 1.67. The maximum absolute atomic E-state index is 5.57. The maximum Gasteiger partial charge on any atom is 0.162 e. The van der Waals surface area contributed by atoms with Crippen LogP contribution in [0.3, 0.4) is 0 Å². The average Bonchev–Trinajstić information content (AvgIpc) is 2.41. The summed E-state index contributed by atoms with van der Waals surface area (Å²) in [5.41, 5.74) is 7.41. The summed E-state index contributed by atoms with van der Waals surface area (Å²) in [5.74, 6) is 0.640. The van der Waals surface area contributed by atoms with Crippen molar-refractivity contribution >= 4 is 0 Å². The van der Waals surface area contributed by atoms with Crippen molar-refractivity contribution < 1.29 is 4.74 Å². The van der Waals surface area contributed by atoms with Crippen molar-refractivity contribution in [2.45, 2.75) is 12.6 Å². The number of hydrogen-bond donors (Lipinski definition) is 1. The Morgan fingerprint density at radius 1 is 1.24 bits per heavy atom. The molecule has 0 aliphatic carbocycles. The summed E-state index contributed by atoms with van der Waals surface area (Å²) in [7, 11) is 1.65. The molecule has 88 valence electrons.